The van der Waals surface area contributed by atoms with Gasteiger partial charge in [0.1, 0.15) is 0 Å². The van der Waals surface area contributed by atoms with E-state index in [1.54, 1.807) is 6.92 Å². The summed E-state index contributed by atoms with van der Waals surface area (Å²) in [5, 5.41) is 0. The molecule has 0 bridgehead atoms. The van der Waals surface area contributed by atoms with Crippen LogP contribution in [0.25, 0.3) is 0 Å². The Morgan fingerprint density at radius 1 is 1.67 bits per heavy atom. The van der Waals surface area contributed by atoms with Gasteiger partial charge in [0.25, 0.3) is 0 Å². The summed E-state index contributed by atoms with van der Waals surface area (Å²) in [5.41, 5.74) is 10.1. The fourth-order valence-electron chi connectivity index (χ4n) is 1.58. The molecule has 0 radical (unpaired) electrons. The molecular formula is C10H21N3O2. The van der Waals surface area contributed by atoms with E-state index in [2.05, 4.69) is 4.90 Å². The maximum atomic E-state index is 11.0. The minimum atomic E-state index is -0.909. The van der Waals surface area contributed by atoms with E-state index in [1.165, 1.54) is 0 Å². The van der Waals surface area contributed by atoms with E-state index in [4.69, 9.17) is 16.2 Å². The van der Waals surface area contributed by atoms with Crippen LogP contribution in [0.5, 0.6) is 0 Å². The monoisotopic (exact) mass is 215 g/mol. The molecular weight excluding hydrogens is 194 g/mol. The van der Waals surface area contributed by atoms with Crippen molar-refractivity contribution in [3.63, 3.8) is 0 Å². The average molecular weight is 215 g/mol. The molecule has 5 heteroatoms. The molecule has 2 unspecified atom stereocenters. The first-order chi connectivity index (χ1) is 6.93. The fraction of sp³-hybridized carbons (Fsp3) is 0.900. The van der Waals surface area contributed by atoms with Gasteiger partial charge < -0.3 is 21.1 Å². The Morgan fingerprint density at radius 2 is 2.33 bits per heavy atom. The van der Waals surface area contributed by atoms with Crippen molar-refractivity contribution in [2.75, 3.05) is 26.8 Å². The Morgan fingerprint density at radius 3 is 2.80 bits per heavy atom. The number of rotatable bonds is 5. The van der Waals surface area contributed by atoms with Gasteiger partial charge in [0.2, 0.25) is 5.91 Å². The molecule has 15 heavy (non-hydrogen) atoms. The zero-order chi connectivity index (χ0) is 11.5. The van der Waals surface area contributed by atoms with Crippen molar-refractivity contribution in [2.45, 2.75) is 31.3 Å². The van der Waals surface area contributed by atoms with Gasteiger partial charge in [0.15, 0.2) is 0 Å². The maximum Gasteiger partial charge on any atom is 0.237 e. The maximum absolute atomic E-state index is 11.0. The minimum Gasteiger partial charge on any atom is -0.380 e. The Labute approximate surface area is 90.7 Å². The first-order valence-electron chi connectivity index (χ1n) is 5.30. The number of likely N-dealkylation sites (N-methyl/N-ethyl adjacent to an activating group) is 1. The molecule has 0 spiro atoms. The molecule has 0 aromatic heterocycles. The number of carbonyl (C=O) groups excluding carboxylic acids is 1. The number of primary amides is 1. The highest BCUT2D eigenvalue weighted by Gasteiger charge is 2.27. The molecule has 4 N–H and O–H groups in total. The SMILES string of the molecule is CN(CCC(C)(N)C(N)=O)C1CCOC1. The van der Waals surface area contributed by atoms with Crippen molar-refractivity contribution >= 4 is 5.91 Å². The van der Waals surface area contributed by atoms with E-state index in [1.807, 2.05) is 7.05 Å². The van der Waals surface area contributed by atoms with Crippen LogP contribution >= 0.6 is 0 Å². The first-order valence-corrected chi connectivity index (χ1v) is 5.30. The standard InChI is InChI=1S/C10H21N3O2/c1-10(12,9(11)14)4-5-13(2)8-3-6-15-7-8/h8H,3-7,12H2,1-2H3,(H2,11,14). The summed E-state index contributed by atoms with van der Waals surface area (Å²) in [6.45, 7) is 4.04. The van der Waals surface area contributed by atoms with Gasteiger partial charge in [-0.15, -0.1) is 0 Å². The summed E-state index contributed by atoms with van der Waals surface area (Å²) in [6, 6.07) is 0.452. The smallest absolute Gasteiger partial charge is 0.237 e. The molecule has 1 rings (SSSR count). The lowest BCUT2D eigenvalue weighted by atomic mass is 9.98. The minimum absolute atomic E-state index is 0.446. The van der Waals surface area contributed by atoms with E-state index in [0.29, 0.717) is 12.5 Å². The predicted octanol–water partition coefficient (Wildman–Crippen LogP) is -0.700. The van der Waals surface area contributed by atoms with Crippen LogP contribution in [0.4, 0.5) is 0 Å². The molecule has 0 aromatic carbocycles. The van der Waals surface area contributed by atoms with Crippen LogP contribution in [0.2, 0.25) is 0 Å². The van der Waals surface area contributed by atoms with Gasteiger partial charge in [0.05, 0.1) is 12.1 Å². The van der Waals surface area contributed by atoms with E-state index in [9.17, 15) is 4.79 Å². The van der Waals surface area contributed by atoms with Gasteiger partial charge in [-0.2, -0.15) is 0 Å². The van der Waals surface area contributed by atoms with Crippen LogP contribution in [0, 0.1) is 0 Å². The summed E-state index contributed by atoms with van der Waals surface area (Å²) >= 11 is 0. The van der Waals surface area contributed by atoms with Crippen LogP contribution in [-0.2, 0) is 9.53 Å². The largest absolute Gasteiger partial charge is 0.380 e. The molecule has 1 fully saturated rings. The lowest BCUT2D eigenvalue weighted by Crippen LogP contribution is -2.51. The van der Waals surface area contributed by atoms with Crippen molar-refractivity contribution in [1.29, 1.82) is 0 Å². The van der Waals surface area contributed by atoms with Crippen LogP contribution in [-0.4, -0.2) is 49.2 Å². The predicted molar refractivity (Wildman–Crippen MR) is 58.3 cm³/mol. The van der Waals surface area contributed by atoms with Gasteiger partial charge in [-0.1, -0.05) is 0 Å². The molecule has 1 saturated heterocycles. The number of hydrogen-bond donors (Lipinski definition) is 2. The summed E-state index contributed by atoms with van der Waals surface area (Å²) in [5.74, 6) is -0.446. The van der Waals surface area contributed by atoms with Gasteiger partial charge in [-0.3, -0.25) is 4.79 Å². The number of carbonyl (C=O) groups is 1. The first kappa shape index (κ1) is 12.4. The topological polar surface area (TPSA) is 81.6 Å². The number of amides is 1. The normalized spacial score (nSPS) is 25.5. The third kappa shape index (κ3) is 3.44. The average Bonchev–Trinajstić information content (AvgIpc) is 2.66. The highest BCUT2D eigenvalue weighted by Crippen LogP contribution is 2.13. The lowest BCUT2D eigenvalue weighted by molar-refractivity contribution is -0.122. The second-order valence-corrected chi connectivity index (χ2v) is 4.53. The molecule has 0 aliphatic carbocycles. The molecule has 2 atom stereocenters. The van der Waals surface area contributed by atoms with E-state index in [-0.39, 0.29) is 0 Å². The Kier molecular flexibility index (Phi) is 4.07. The van der Waals surface area contributed by atoms with Gasteiger partial charge in [-0.05, 0) is 26.8 Å². The Bertz CT molecular complexity index is 225. The van der Waals surface area contributed by atoms with Crippen molar-refractivity contribution in [3.8, 4) is 0 Å². The summed E-state index contributed by atoms with van der Waals surface area (Å²) in [7, 11) is 2.02. The number of hydrogen-bond acceptors (Lipinski definition) is 4. The summed E-state index contributed by atoms with van der Waals surface area (Å²) in [4.78, 5) is 13.2. The summed E-state index contributed by atoms with van der Waals surface area (Å²) in [6.07, 6.45) is 1.63. The van der Waals surface area contributed by atoms with Crippen LogP contribution < -0.4 is 11.5 Å². The molecule has 1 aliphatic rings. The Balaban J connectivity index is 2.32. The number of nitrogens with zero attached hydrogens (tertiary/aromatic N) is 1. The van der Waals surface area contributed by atoms with Crippen LogP contribution in [0.1, 0.15) is 19.8 Å². The second kappa shape index (κ2) is 4.92. The molecule has 88 valence electrons. The molecule has 5 nitrogen and oxygen atoms in total. The van der Waals surface area contributed by atoms with Crippen molar-refractivity contribution in [2.24, 2.45) is 11.5 Å². The van der Waals surface area contributed by atoms with Gasteiger partial charge in [-0.25, -0.2) is 0 Å². The van der Waals surface area contributed by atoms with Crippen LogP contribution in [0.3, 0.4) is 0 Å². The highest BCUT2D eigenvalue weighted by molar-refractivity contribution is 5.83. The van der Waals surface area contributed by atoms with Crippen LogP contribution in [0.15, 0.2) is 0 Å². The zero-order valence-corrected chi connectivity index (χ0v) is 9.53. The summed E-state index contributed by atoms with van der Waals surface area (Å²) < 4.78 is 5.29. The van der Waals surface area contributed by atoms with Gasteiger partial charge >= 0.3 is 0 Å². The van der Waals surface area contributed by atoms with E-state index in [0.717, 1.165) is 26.2 Å². The molecule has 0 saturated carbocycles. The second-order valence-electron chi connectivity index (χ2n) is 4.53. The number of nitrogens with two attached hydrogens (primary N) is 2. The van der Waals surface area contributed by atoms with Crippen molar-refractivity contribution in [1.82, 2.24) is 4.90 Å². The molecule has 1 aliphatic heterocycles. The Hall–Kier alpha value is -0.650. The zero-order valence-electron chi connectivity index (χ0n) is 9.53. The molecule has 1 heterocycles. The van der Waals surface area contributed by atoms with Crippen molar-refractivity contribution < 1.29 is 9.53 Å². The third-order valence-electron chi connectivity index (χ3n) is 3.08. The molecule has 1 amide bonds. The van der Waals surface area contributed by atoms with Crippen molar-refractivity contribution in [3.05, 3.63) is 0 Å². The fourth-order valence-corrected chi connectivity index (χ4v) is 1.58. The highest BCUT2D eigenvalue weighted by atomic mass is 16.5. The van der Waals surface area contributed by atoms with Gasteiger partial charge in [0, 0.05) is 19.2 Å². The quantitative estimate of drug-likeness (QED) is 0.635. The molecule has 0 aromatic rings. The third-order valence-corrected chi connectivity index (χ3v) is 3.08. The number of ether oxygens (including phenoxy) is 1. The van der Waals surface area contributed by atoms with E-state index >= 15 is 0 Å². The lowest BCUT2D eigenvalue weighted by Gasteiger charge is -2.27. The van der Waals surface area contributed by atoms with E-state index < -0.39 is 11.4 Å².